The largest absolute Gasteiger partial charge is 0.493 e. The third kappa shape index (κ3) is 4.39. The molecule has 1 fully saturated rings. The summed E-state index contributed by atoms with van der Waals surface area (Å²) in [4.78, 5) is 26.5. The van der Waals surface area contributed by atoms with Crippen LogP contribution in [0.4, 0.5) is 9.18 Å². The number of methoxy groups -OCH3 is 1. The summed E-state index contributed by atoms with van der Waals surface area (Å²) in [6, 6.07) is 9.20. The van der Waals surface area contributed by atoms with Gasteiger partial charge in [-0.2, -0.15) is 0 Å². The van der Waals surface area contributed by atoms with E-state index >= 15 is 0 Å². The van der Waals surface area contributed by atoms with E-state index in [0.29, 0.717) is 38.6 Å². The van der Waals surface area contributed by atoms with Crippen LogP contribution in [-0.2, 0) is 11.3 Å². The first kappa shape index (κ1) is 20.4. The van der Waals surface area contributed by atoms with Gasteiger partial charge in [-0.3, -0.25) is 14.5 Å². The van der Waals surface area contributed by atoms with Gasteiger partial charge in [0.25, 0.3) is 11.1 Å². The third-order valence-corrected chi connectivity index (χ3v) is 5.59. The number of carbonyl (C=O) groups excluding carboxylic acids is 2. The number of amides is 2. The molecule has 1 saturated heterocycles. The standard InChI is InChI=1S/C20H17BrFNO4S/c1-3-27-17-8-13(15(21)10-16(17)26-2)9-18-19(24)23(20(25)28-18)11-12-4-6-14(22)7-5-12/h4-10H,3,11H2,1-2H3/b18-9+. The van der Waals surface area contributed by atoms with E-state index in [4.69, 9.17) is 9.47 Å². The maximum atomic E-state index is 13.1. The summed E-state index contributed by atoms with van der Waals surface area (Å²) in [5, 5.41) is -0.366. The van der Waals surface area contributed by atoms with E-state index in [-0.39, 0.29) is 23.5 Å². The molecule has 1 heterocycles. The normalized spacial score (nSPS) is 15.4. The van der Waals surface area contributed by atoms with Crippen LogP contribution in [0, 0.1) is 5.82 Å². The maximum absolute atomic E-state index is 13.1. The summed E-state index contributed by atoms with van der Waals surface area (Å²) < 4.78 is 24.6. The molecule has 0 spiro atoms. The SMILES string of the molecule is CCOc1cc(/C=C2/SC(=O)N(Cc3ccc(F)cc3)C2=O)c(Br)cc1OC. The molecule has 0 saturated carbocycles. The Hall–Kier alpha value is -2.32. The van der Waals surface area contributed by atoms with Crippen molar-refractivity contribution >= 4 is 44.9 Å². The molecule has 0 aliphatic carbocycles. The monoisotopic (exact) mass is 465 g/mol. The highest BCUT2D eigenvalue weighted by atomic mass is 79.9. The molecule has 146 valence electrons. The Bertz CT molecular complexity index is 946. The molecule has 28 heavy (non-hydrogen) atoms. The van der Waals surface area contributed by atoms with E-state index in [1.807, 2.05) is 6.92 Å². The van der Waals surface area contributed by atoms with Crippen LogP contribution < -0.4 is 9.47 Å². The van der Waals surface area contributed by atoms with Gasteiger partial charge in [-0.1, -0.05) is 28.1 Å². The van der Waals surface area contributed by atoms with Gasteiger partial charge in [0.2, 0.25) is 0 Å². The van der Waals surface area contributed by atoms with Gasteiger partial charge in [0.15, 0.2) is 11.5 Å². The van der Waals surface area contributed by atoms with Gasteiger partial charge in [0.05, 0.1) is 25.2 Å². The van der Waals surface area contributed by atoms with Crippen molar-refractivity contribution < 1.29 is 23.5 Å². The molecule has 1 aliphatic heterocycles. The first-order valence-electron chi connectivity index (χ1n) is 8.43. The second kappa shape index (κ2) is 8.79. The Balaban J connectivity index is 1.87. The maximum Gasteiger partial charge on any atom is 0.293 e. The van der Waals surface area contributed by atoms with Gasteiger partial charge >= 0.3 is 0 Å². The minimum atomic E-state index is -0.389. The summed E-state index contributed by atoms with van der Waals surface area (Å²) >= 11 is 4.32. The lowest BCUT2D eigenvalue weighted by Gasteiger charge is -2.13. The fourth-order valence-corrected chi connectivity index (χ4v) is 3.91. The molecular weight excluding hydrogens is 449 g/mol. The van der Waals surface area contributed by atoms with Crippen molar-refractivity contribution in [2.45, 2.75) is 13.5 Å². The van der Waals surface area contributed by atoms with Crippen molar-refractivity contribution in [3.8, 4) is 11.5 Å². The van der Waals surface area contributed by atoms with Crippen molar-refractivity contribution in [3.63, 3.8) is 0 Å². The summed E-state index contributed by atoms with van der Waals surface area (Å²) in [6.07, 6.45) is 1.64. The van der Waals surface area contributed by atoms with Gasteiger partial charge in [0.1, 0.15) is 5.82 Å². The summed E-state index contributed by atoms with van der Waals surface area (Å²) in [6.45, 7) is 2.42. The predicted octanol–water partition coefficient (Wildman–Crippen LogP) is 5.23. The number of imide groups is 1. The Morgan fingerprint density at radius 2 is 1.89 bits per heavy atom. The second-order valence-electron chi connectivity index (χ2n) is 5.85. The Morgan fingerprint density at radius 1 is 1.18 bits per heavy atom. The van der Waals surface area contributed by atoms with E-state index in [2.05, 4.69) is 15.9 Å². The second-order valence-corrected chi connectivity index (χ2v) is 7.70. The molecule has 2 aromatic carbocycles. The number of halogens is 2. The van der Waals surface area contributed by atoms with Gasteiger partial charge < -0.3 is 9.47 Å². The molecule has 8 heteroatoms. The molecule has 0 aromatic heterocycles. The Kier molecular flexibility index (Phi) is 6.41. The van der Waals surface area contributed by atoms with Crippen LogP contribution >= 0.6 is 27.7 Å². The summed E-state index contributed by atoms with van der Waals surface area (Å²) in [7, 11) is 1.55. The van der Waals surface area contributed by atoms with Crippen molar-refractivity contribution in [1.82, 2.24) is 4.90 Å². The zero-order valence-corrected chi connectivity index (χ0v) is 17.6. The first-order chi connectivity index (χ1) is 13.4. The smallest absolute Gasteiger partial charge is 0.293 e. The number of rotatable bonds is 6. The third-order valence-electron chi connectivity index (χ3n) is 4.00. The molecule has 3 rings (SSSR count). The average molecular weight is 466 g/mol. The van der Waals surface area contributed by atoms with Crippen molar-refractivity contribution in [2.75, 3.05) is 13.7 Å². The average Bonchev–Trinajstić information content (AvgIpc) is 2.93. The van der Waals surface area contributed by atoms with E-state index in [1.54, 1.807) is 37.5 Å². The molecule has 0 unspecified atom stereocenters. The van der Waals surface area contributed by atoms with Crippen LogP contribution in [0.15, 0.2) is 45.8 Å². The number of hydrogen-bond acceptors (Lipinski definition) is 5. The minimum absolute atomic E-state index is 0.0935. The molecule has 2 amide bonds. The molecule has 2 aromatic rings. The lowest BCUT2D eigenvalue weighted by molar-refractivity contribution is -0.123. The van der Waals surface area contributed by atoms with Crippen molar-refractivity contribution in [1.29, 1.82) is 0 Å². The molecule has 0 N–H and O–H groups in total. The Morgan fingerprint density at radius 3 is 2.54 bits per heavy atom. The number of carbonyl (C=O) groups is 2. The van der Waals surface area contributed by atoms with Crippen molar-refractivity contribution in [2.24, 2.45) is 0 Å². The number of nitrogens with zero attached hydrogens (tertiary/aromatic N) is 1. The Labute approximate surface area is 174 Å². The molecule has 5 nitrogen and oxygen atoms in total. The zero-order valence-electron chi connectivity index (χ0n) is 15.2. The van der Waals surface area contributed by atoms with E-state index in [1.165, 1.54) is 12.1 Å². The van der Waals surface area contributed by atoms with Gasteiger partial charge in [0, 0.05) is 4.47 Å². The van der Waals surface area contributed by atoms with Gasteiger partial charge in [-0.05, 0) is 60.2 Å². The minimum Gasteiger partial charge on any atom is -0.493 e. The highest BCUT2D eigenvalue weighted by Gasteiger charge is 2.35. The molecule has 0 radical (unpaired) electrons. The molecular formula is C20H17BrFNO4S. The number of ether oxygens (including phenoxy) is 2. The highest BCUT2D eigenvalue weighted by molar-refractivity contribution is 9.10. The first-order valence-corrected chi connectivity index (χ1v) is 10.0. The molecule has 0 atom stereocenters. The van der Waals surface area contributed by atoms with E-state index in [0.717, 1.165) is 16.7 Å². The predicted molar refractivity (Wildman–Crippen MR) is 110 cm³/mol. The topological polar surface area (TPSA) is 55.8 Å². The lowest BCUT2D eigenvalue weighted by Crippen LogP contribution is -2.27. The number of benzene rings is 2. The van der Waals surface area contributed by atoms with Gasteiger partial charge in [-0.15, -0.1) is 0 Å². The molecule has 0 bridgehead atoms. The lowest BCUT2D eigenvalue weighted by atomic mass is 10.1. The van der Waals surface area contributed by atoms with Gasteiger partial charge in [-0.25, -0.2) is 4.39 Å². The summed E-state index contributed by atoms with van der Waals surface area (Å²) in [5.74, 6) is 0.354. The van der Waals surface area contributed by atoms with Crippen LogP contribution in [-0.4, -0.2) is 29.8 Å². The summed E-state index contributed by atoms with van der Waals surface area (Å²) in [5.41, 5.74) is 1.37. The number of thioether (sulfide) groups is 1. The van der Waals surface area contributed by atoms with Crippen LogP contribution in [0.25, 0.3) is 6.08 Å². The quantitative estimate of drug-likeness (QED) is 0.546. The van der Waals surface area contributed by atoms with Crippen LogP contribution in [0.1, 0.15) is 18.1 Å². The fourth-order valence-electron chi connectivity index (χ4n) is 2.64. The highest BCUT2D eigenvalue weighted by Crippen LogP contribution is 2.38. The zero-order chi connectivity index (χ0) is 20.3. The van der Waals surface area contributed by atoms with E-state index < -0.39 is 0 Å². The fraction of sp³-hybridized carbons (Fsp3) is 0.200. The van der Waals surface area contributed by atoms with Crippen molar-refractivity contribution in [3.05, 3.63) is 62.7 Å². The number of hydrogen-bond donors (Lipinski definition) is 0. The molecule has 1 aliphatic rings. The van der Waals surface area contributed by atoms with Crippen LogP contribution in [0.5, 0.6) is 11.5 Å². The van der Waals surface area contributed by atoms with E-state index in [9.17, 15) is 14.0 Å². The van der Waals surface area contributed by atoms with Crippen LogP contribution in [0.3, 0.4) is 0 Å². The van der Waals surface area contributed by atoms with Crippen LogP contribution in [0.2, 0.25) is 0 Å².